The summed E-state index contributed by atoms with van der Waals surface area (Å²) in [5.41, 5.74) is 2.89. The molecule has 1 saturated heterocycles. The van der Waals surface area contributed by atoms with E-state index in [0.29, 0.717) is 24.5 Å². The van der Waals surface area contributed by atoms with Crippen LogP contribution in [-0.4, -0.2) is 30.8 Å². The zero-order valence-corrected chi connectivity index (χ0v) is 15.7. The van der Waals surface area contributed by atoms with Crippen molar-refractivity contribution in [3.8, 4) is 0 Å². The van der Waals surface area contributed by atoms with Crippen LogP contribution in [0.1, 0.15) is 35.5 Å². The molecule has 0 radical (unpaired) electrons. The van der Waals surface area contributed by atoms with Crippen LogP contribution in [0.2, 0.25) is 0 Å². The average Bonchev–Trinajstić information content (AvgIpc) is 3.00. The van der Waals surface area contributed by atoms with Crippen LogP contribution in [0.4, 0.5) is 5.69 Å². The van der Waals surface area contributed by atoms with Gasteiger partial charge in [0.2, 0.25) is 10.0 Å². The Bertz CT molecular complexity index is 809. The highest BCUT2D eigenvalue weighted by Gasteiger charge is 2.26. The molecule has 0 amide bonds. The van der Waals surface area contributed by atoms with E-state index in [1.165, 1.54) is 0 Å². The molecule has 1 fully saturated rings. The number of hydrogen-bond donors (Lipinski definition) is 1. The number of piperidine rings is 1. The first kappa shape index (κ1) is 17.4. The maximum absolute atomic E-state index is 12.8. The molecule has 0 atom stereocenters. The van der Waals surface area contributed by atoms with E-state index in [1.807, 2.05) is 25.3 Å². The molecule has 1 N–H and O–H groups in total. The van der Waals surface area contributed by atoms with Gasteiger partial charge in [0.05, 0.1) is 11.4 Å². The van der Waals surface area contributed by atoms with E-state index in [9.17, 15) is 8.42 Å². The van der Waals surface area contributed by atoms with Gasteiger partial charge in [0, 0.05) is 29.9 Å². The highest BCUT2D eigenvalue weighted by molar-refractivity contribution is 7.89. The van der Waals surface area contributed by atoms with Gasteiger partial charge in [-0.3, -0.25) is 0 Å². The summed E-state index contributed by atoms with van der Waals surface area (Å²) in [5.74, 6) is 0. The Morgan fingerprint density at radius 2 is 1.96 bits per heavy atom. The van der Waals surface area contributed by atoms with Crippen molar-refractivity contribution in [3.05, 3.63) is 39.8 Å². The Morgan fingerprint density at radius 3 is 2.62 bits per heavy atom. The molecule has 0 spiro atoms. The molecule has 1 aliphatic rings. The van der Waals surface area contributed by atoms with Crippen LogP contribution in [0.15, 0.2) is 28.5 Å². The fourth-order valence-corrected chi connectivity index (χ4v) is 5.12. The molecule has 0 unspecified atom stereocenters. The lowest BCUT2D eigenvalue weighted by molar-refractivity contribution is 0.346. The van der Waals surface area contributed by atoms with Gasteiger partial charge in [-0.2, -0.15) is 4.31 Å². The van der Waals surface area contributed by atoms with Gasteiger partial charge in [0.25, 0.3) is 0 Å². The topological polar surface area (TPSA) is 62.3 Å². The van der Waals surface area contributed by atoms with Crippen LogP contribution in [0.25, 0.3) is 0 Å². The van der Waals surface area contributed by atoms with E-state index in [0.717, 1.165) is 41.2 Å². The minimum atomic E-state index is -3.40. The van der Waals surface area contributed by atoms with Crippen molar-refractivity contribution < 1.29 is 8.42 Å². The number of thiazole rings is 1. The van der Waals surface area contributed by atoms with Crippen LogP contribution in [0, 0.1) is 13.8 Å². The van der Waals surface area contributed by atoms with Crippen molar-refractivity contribution >= 4 is 27.0 Å². The van der Waals surface area contributed by atoms with Crippen molar-refractivity contribution in [1.29, 1.82) is 0 Å². The Kier molecular flexibility index (Phi) is 5.22. The molecule has 2 aromatic rings. The lowest BCUT2D eigenvalue weighted by Crippen LogP contribution is -2.35. The average molecular weight is 366 g/mol. The monoisotopic (exact) mass is 365 g/mol. The van der Waals surface area contributed by atoms with Gasteiger partial charge < -0.3 is 5.32 Å². The summed E-state index contributed by atoms with van der Waals surface area (Å²) >= 11 is 1.61. The molecule has 0 bridgehead atoms. The second-order valence-electron chi connectivity index (χ2n) is 6.18. The first-order chi connectivity index (χ1) is 11.5. The smallest absolute Gasteiger partial charge is 0.243 e. The third kappa shape index (κ3) is 3.79. The zero-order chi connectivity index (χ0) is 17.2. The number of anilines is 1. The first-order valence-corrected chi connectivity index (χ1v) is 10.5. The summed E-state index contributed by atoms with van der Waals surface area (Å²) in [6.07, 6.45) is 3.00. The number of nitrogens with zero attached hydrogens (tertiary/aromatic N) is 2. The van der Waals surface area contributed by atoms with Crippen LogP contribution in [0.3, 0.4) is 0 Å². The summed E-state index contributed by atoms with van der Waals surface area (Å²) < 4.78 is 27.2. The molecule has 2 heterocycles. The van der Waals surface area contributed by atoms with Gasteiger partial charge in [0.1, 0.15) is 5.01 Å². The molecule has 1 aromatic heterocycles. The Morgan fingerprint density at radius 1 is 1.21 bits per heavy atom. The third-order valence-corrected chi connectivity index (χ3v) is 7.12. The van der Waals surface area contributed by atoms with Gasteiger partial charge in [0.15, 0.2) is 0 Å². The highest BCUT2D eigenvalue weighted by atomic mass is 32.2. The molecule has 3 rings (SSSR count). The second-order valence-corrected chi connectivity index (χ2v) is 9.06. The molecular weight excluding hydrogens is 342 g/mol. The Labute approximate surface area is 147 Å². The van der Waals surface area contributed by atoms with E-state index in [4.69, 9.17) is 0 Å². The zero-order valence-electron chi connectivity index (χ0n) is 14.1. The van der Waals surface area contributed by atoms with Crippen LogP contribution in [0.5, 0.6) is 0 Å². The SMILES string of the molecule is Cc1csc(CNc2cc(S(=O)(=O)N3CCCCC3)ccc2C)n1. The standard InChI is InChI=1S/C17H23N3O2S2/c1-13-6-7-15(24(21,22)20-8-4-3-5-9-20)10-16(13)18-11-17-19-14(2)12-23-17/h6-7,10,12,18H,3-5,8-9,11H2,1-2H3. The molecule has 1 aromatic carbocycles. The number of sulfonamides is 1. The maximum atomic E-state index is 12.8. The Balaban J connectivity index is 1.80. The summed E-state index contributed by atoms with van der Waals surface area (Å²) in [5, 5.41) is 6.33. The molecule has 0 aliphatic carbocycles. The lowest BCUT2D eigenvalue weighted by atomic mass is 10.2. The van der Waals surface area contributed by atoms with Gasteiger partial charge in [-0.15, -0.1) is 11.3 Å². The van der Waals surface area contributed by atoms with Crippen LogP contribution >= 0.6 is 11.3 Å². The second kappa shape index (κ2) is 7.21. The highest BCUT2D eigenvalue weighted by Crippen LogP contribution is 2.25. The fraction of sp³-hybridized carbons (Fsp3) is 0.471. The predicted molar refractivity (Wildman–Crippen MR) is 98.0 cm³/mol. The minimum Gasteiger partial charge on any atom is -0.378 e. The van der Waals surface area contributed by atoms with E-state index < -0.39 is 10.0 Å². The number of benzene rings is 1. The largest absolute Gasteiger partial charge is 0.378 e. The minimum absolute atomic E-state index is 0.368. The molecule has 5 nitrogen and oxygen atoms in total. The maximum Gasteiger partial charge on any atom is 0.243 e. The Hall–Kier alpha value is -1.44. The molecule has 24 heavy (non-hydrogen) atoms. The van der Waals surface area contributed by atoms with Crippen LogP contribution < -0.4 is 5.32 Å². The van der Waals surface area contributed by atoms with Gasteiger partial charge in [-0.05, 0) is 44.4 Å². The van der Waals surface area contributed by atoms with E-state index in [1.54, 1.807) is 27.8 Å². The van der Waals surface area contributed by atoms with Gasteiger partial charge in [-0.1, -0.05) is 12.5 Å². The van der Waals surface area contributed by atoms with Crippen molar-refractivity contribution in [2.45, 2.75) is 44.6 Å². The van der Waals surface area contributed by atoms with E-state index >= 15 is 0 Å². The quantitative estimate of drug-likeness (QED) is 0.880. The van der Waals surface area contributed by atoms with Crippen LogP contribution in [-0.2, 0) is 16.6 Å². The summed E-state index contributed by atoms with van der Waals surface area (Å²) in [6.45, 7) is 5.80. The van der Waals surface area contributed by atoms with Crippen molar-refractivity contribution in [3.63, 3.8) is 0 Å². The third-order valence-electron chi connectivity index (χ3n) is 4.26. The molecular formula is C17H23N3O2S2. The van der Waals surface area contributed by atoms with Crippen molar-refractivity contribution in [1.82, 2.24) is 9.29 Å². The van der Waals surface area contributed by atoms with Gasteiger partial charge in [-0.25, -0.2) is 13.4 Å². The normalized spacial score (nSPS) is 16.2. The number of nitrogens with one attached hydrogen (secondary N) is 1. The summed E-state index contributed by atoms with van der Waals surface area (Å²) in [7, 11) is -3.40. The molecule has 0 saturated carbocycles. The summed E-state index contributed by atoms with van der Waals surface area (Å²) in [6, 6.07) is 5.32. The fourth-order valence-electron chi connectivity index (χ4n) is 2.86. The number of aromatic nitrogens is 1. The van der Waals surface area contributed by atoms with E-state index in [-0.39, 0.29) is 0 Å². The molecule has 1 aliphatic heterocycles. The number of rotatable bonds is 5. The molecule has 130 valence electrons. The molecule has 7 heteroatoms. The van der Waals surface area contributed by atoms with E-state index in [2.05, 4.69) is 10.3 Å². The van der Waals surface area contributed by atoms with Crippen molar-refractivity contribution in [2.24, 2.45) is 0 Å². The predicted octanol–water partition coefficient (Wildman–Crippen LogP) is 3.55. The number of aryl methyl sites for hydroxylation is 2. The summed E-state index contributed by atoms with van der Waals surface area (Å²) in [4.78, 5) is 4.80. The number of hydrogen-bond acceptors (Lipinski definition) is 5. The lowest BCUT2D eigenvalue weighted by Gasteiger charge is -2.26. The first-order valence-electron chi connectivity index (χ1n) is 8.22. The van der Waals surface area contributed by atoms with Crippen molar-refractivity contribution in [2.75, 3.05) is 18.4 Å². The van der Waals surface area contributed by atoms with Gasteiger partial charge >= 0.3 is 0 Å².